The van der Waals surface area contributed by atoms with Gasteiger partial charge in [-0.1, -0.05) is 18.2 Å². The Morgan fingerprint density at radius 3 is 2.63 bits per heavy atom. The van der Waals surface area contributed by atoms with Crippen LogP contribution in [-0.2, 0) is 4.79 Å². The molecule has 2 aromatic rings. The lowest BCUT2D eigenvalue weighted by Gasteiger charge is -2.35. The molecule has 1 saturated heterocycles. The number of piperazine rings is 1. The van der Waals surface area contributed by atoms with Gasteiger partial charge in [0.25, 0.3) is 0 Å². The van der Waals surface area contributed by atoms with Crippen molar-refractivity contribution < 1.29 is 14.3 Å². The Hall–Kier alpha value is -2.80. The summed E-state index contributed by atoms with van der Waals surface area (Å²) in [7, 11) is 0. The maximum Gasteiger partial charge on any atom is 0.234 e. The number of rotatable bonds is 5. The molecule has 1 unspecified atom stereocenters. The highest BCUT2D eigenvalue weighted by Crippen LogP contribution is 2.30. The smallest absolute Gasteiger partial charge is 0.234 e. The molecule has 1 N–H and O–H groups in total. The Morgan fingerprint density at radius 2 is 1.85 bits per heavy atom. The first kappa shape index (κ1) is 17.6. The molecule has 0 saturated carbocycles. The molecule has 0 spiro atoms. The Bertz CT molecular complexity index is 763. The molecule has 1 aromatic heterocycles. The van der Waals surface area contributed by atoms with Crippen LogP contribution in [0, 0.1) is 0 Å². The number of fused-ring (bicyclic) bond motifs is 1. The van der Waals surface area contributed by atoms with Gasteiger partial charge in [0.2, 0.25) is 5.91 Å². The molecule has 7 nitrogen and oxygen atoms in total. The van der Waals surface area contributed by atoms with E-state index in [1.165, 1.54) is 0 Å². The largest absolute Gasteiger partial charge is 0.486 e. The second-order valence-electron chi connectivity index (χ2n) is 6.75. The number of hydrogen-bond donors (Lipinski definition) is 1. The Labute approximate surface area is 158 Å². The van der Waals surface area contributed by atoms with Crippen LogP contribution in [0.1, 0.15) is 0 Å². The van der Waals surface area contributed by atoms with Crippen molar-refractivity contribution in [3.63, 3.8) is 0 Å². The van der Waals surface area contributed by atoms with E-state index in [0.717, 1.165) is 43.5 Å². The summed E-state index contributed by atoms with van der Waals surface area (Å²) < 4.78 is 11.5. The number of ether oxygens (including phenoxy) is 2. The third-order valence-corrected chi connectivity index (χ3v) is 4.81. The lowest BCUT2D eigenvalue weighted by Crippen LogP contribution is -2.50. The van der Waals surface area contributed by atoms with Crippen LogP contribution >= 0.6 is 0 Å². The van der Waals surface area contributed by atoms with Gasteiger partial charge in [0.15, 0.2) is 11.5 Å². The van der Waals surface area contributed by atoms with Gasteiger partial charge in [0, 0.05) is 32.4 Å². The van der Waals surface area contributed by atoms with Crippen LogP contribution in [0.4, 0.5) is 5.82 Å². The normalized spacial score (nSPS) is 19.6. The van der Waals surface area contributed by atoms with E-state index in [1.54, 1.807) is 0 Å². The zero-order valence-corrected chi connectivity index (χ0v) is 15.2. The number of para-hydroxylation sites is 2. The zero-order valence-electron chi connectivity index (χ0n) is 15.2. The van der Waals surface area contributed by atoms with Crippen molar-refractivity contribution in [1.82, 2.24) is 15.2 Å². The van der Waals surface area contributed by atoms with Gasteiger partial charge in [0.1, 0.15) is 18.5 Å². The van der Waals surface area contributed by atoms with Crippen molar-refractivity contribution >= 4 is 11.7 Å². The lowest BCUT2D eigenvalue weighted by atomic mass is 10.2. The summed E-state index contributed by atoms with van der Waals surface area (Å²) in [6.07, 6.45) is 1.65. The van der Waals surface area contributed by atoms with Crippen LogP contribution in [-0.4, -0.2) is 67.8 Å². The monoisotopic (exact) mass is 368 g/mol. The Morgan fingerprint density at radius 1 is 1.07 bits per heavy atom. The quantitative estimate of drug-likeness (QED) is 0.854. The van der Waals surface area contributed by atoms with Crippen molar-refractivity contribution in [2.75, 3.05) is 50.8 Å². The van der Waals surface area contributed by atoms with E-state index in [2.05, 4.69) is 20.1 Å². The van der Waals surface area contributed by atoms with Crippen molar-refractivity contribution in [1.29, 1.82) is 0 Å². The molecular weight excluding hydrogens is 344 g/mol. The van der Waals surface area contributed by atoms with E-state index in [-0.39, 0.29) is 12.0 Å². The summed E-state index contributed by atoms with van der Waals surface area (Å²) in [5, 5.41) is 2.96. The first-order chi connectivity index (χ1) is 13.3. The topological polar surface area (TPSA) is 66.9 Å². The van der Waals surface area contributed by atoms with Crippen LogP contribution < -0.4 is 19.7 Å². The van der Waals surface area contributed by atoms with E-state index in [1.807, 2.05) is 48.7 Å². The van der Waals surface area contributed by atoms with Crippen LogP contribution in [0.2, 0.25) is 0 Å². The first-order valence-electron chi connectivity index (χ1n) is 9.31. The molecule has 1 aromatic carbocycles. The van der Waals surface area contributed by atoms with Gasteiger partial charge < -0.3 is 19.7 Å². The van der Waals surface area contributed by atoms with E-state index >= 15 is 0 Å². The standard InChI is InChI=1S/C20H24N4O3/c25-20(22-13-16-15-26-17-5-1-2-6-18(17)27-16)14-23-9-11-24(12-10-23)19-7-3-4-8-21-19/h1-8,16H,9-15H2,(H,22,25). The molecule has 142 valence electrons. The fraction of sp³-hybridized carbons (Fsp3) is 0.400. The lowest BCUT2D eigenvalue weighted by molar-refractivity contribution is -0.122. The third kappa shape index (κ3) is 4.49. The number of aromatic nitrogens is 1. The summed E-state index contributed by atoms with van der Waals surface area (Å²) in [6.45, 7) is 4.74. The van der Waals surface area contributed by atoms with E-state index in [0.29, 0.717) is 19.7 Å². The second kappa shape index (κ2) is 8.26. The van der Waals surface area contributed by atoms with Crippen molar-refractivity contribution in [2.45, 2.75) is 6.10 Å². The number of hydrogen-bond acceptors (Lipinski definition) is 6. The Kier molecular flexibility index (Phi) is 5.39. The summed E-state index contributed by atoms with van der Waals surface area (Å²) in [5.41, 5.74) is 0. The van der Waals surface area contributed by atoms with Crippen molar-refractivity contribution in [2.24, 2.45) is 0 Å². The molecular formula is C20H24N4O3. The highest BCUT2D eigenvalue weighted by molar-refractivity contribution is 5.78. The minimum Gasteiger partial charge on any atom is -0.486 e. The molecule has 1 amide bonds. The number of anilines is 1. The number of nitrogens with one attached hydrogen (secondary N) is 1. The predicted molar refractivity (Wildman–Crippen MR) is 102 cm³/mol. The molecule has 0 bridgehead atoms. The van der Waals surface area contributed by atoms with E-state index < -0.39 is 0 Å². The summed E-state index contributed by atoms with van der Waals surface area (Å²) >= 11 is 0. The molecule has 7 heteroatoms. The molecule has 0 aliphatic carbocycles. The van der Waals surface area contributed by atoms with Crippen molar-refractivity contribution in [3.8, 4) is 11.5 Å². The maximum atomic E-state index is 12.3. The number of amides is 1. The number of nitrogens with zero attached hydrogens (tertiary/aromatic N) is 3. The minimum atomic E-state index is -0.162. The van der Waals surface area contributed by atoms with Crippen molar-refractivity contribution in [3.05, 3.63) is 48.7 Å². The van der Waals surface area contributed by atoms with Gasteiger partial charge >= 0.3 is 0 Å². The van der Waals surface area contributed by atoms with Gasteiger partial charge in [-0.05, 0) is 24.3 Å². The first-order valence-corrected chi connectivity index (χ1v) is 9.31. The molecule has 3 heterocycles. The van der Waals surface area contributed by atoms with Crippen LogP contribution in [0.3, 0.4) is 0 Å². The van der Waals surface area contributed by atoms with E-state index in [4.69, 9.17) is 9.47 Å². The fourth-order valence-electron chi connectivity index (χ4n) is 3.33. The van der Waals surface area contributed by atoms with Crippen LogP contribution in [0.5, 0.6) is 11.5 Å². The highest BCUT2D eigenvalue weighted by Gasteiger charge is 2.23. The third-order valence-electron chi connectivity index (χ3n) is 4.81. The number of carbonyl (C=O) groups is 1. The second-order valence-corrected chi connectivity index (χ2v) is 6.75. The number of pyridine rings is 1. The van der Waals surface area contributed by atoms with Crippen LogP contribution in [0.15, 0.2) is 48.7 Å². The van der Waals surface area contributed by atoms with Crippen LogP contribution in [0.25, 0.3) is 0 Å². The molecule has 1 fully saturated rings. The van der Waals surface area contributed by atoms with Gasteiger partial charge in [-0.3, -0.25) is 9.69 Å². The van der Waals surface area contributed by atoms with Gasteiger partial charge in [-0.25, -0.2) is 4.98 Å². The molecule has 2 aliphatic rings. The predicted octanol–water partition coefficient (Wildman–Crippen LogP) is 1.16. The molecule has 1 atom stereocenters. The molecule has 4 rings (SSSR count). The summed E-state index contributed by atoms with van der Waals surface area (Å²) in [4.78, 5) is 21.1. The summed E-state index contributed by atoms with van der Waals surface area (Å²) in [6, 6.07) is 13.5. The minimum absolute atomic E-state index is 0.0174. The van der Waals surface area contributed by atoms with E-state index in [9.17, 15) is 4.79 Å². The fourth-order valence-corrected chi connectivity index (χ4v) is 3.33. The van der Waals surface area contributed by atoms with Gasteiger partial charge in [0.05, 0.1) is 13.1 Å². The maximum absolute atomic E-state index is 12.3. The summed E-state index contributed by atoms with van der Waals surface area (Å²) in [5.74, 6) is 2.50. The molecule has 0 radical (unpaired) electrons. The number of carbonyl (C=O) groups excluding carboxylic acids is 1. The SMILES string of the molecule is O=C(CN1CCN(c2ccccn2)CC1)NCC1COc2ccccc2O1. The zero-order chi connectivity index (χ0) is 18.5. The molecule has 27 heavy (non-hydrogen) atoms. The average molecular weight is 368 g/mol. The highest BCUT2D eigenvalue weighted by atomic mass is 16.6. The molecule has 2 aliphatic heterocycles. The average Bonchev–Trinajstić information content (AvgIpc) is 2.73. The van der Waals surface area contributed by atoms with Gasteiger partial charge in [-0.2, -0.15) is 0 Å². The van der Waals surface area contributed by atoms with Gasteiger partial charge in [-0.15, -0.1) is 0 Å². The number of benzene rings is 1. The Balaban J connectivity index is 1.19.